The number of anilines is 2. The fraction of sp³-hybridized carbons (Fsp3) is 0.136. The summed E-state index contributed by atoms with van der Waals surface area (Å²) < 4.78 is 72.4. The molecule has 0 saturated heterocycles. The molecule has 180 valence electrons. The number of halogens is 5. The molecule has 3 aromatic carbocycles. The number of hydrogen-bond donors (Lipinski definition) is 2. The van der Waals surface area contributed by atoms with Gasteiger partial charge in [-0.05, 0) is 61.5 Å². The van der Waals surface area contributed by atoms with Crippen LogP contribution in [0.15, 0.2) is 65.6 Å². The van der Waals surface area contributed by atoms with Gasteiger partial charge in [-0.15, -0.1) is 0 Å². The third-order valence-electron chi connectivity index (χ3n) is 4.43. The van der Waals surface area contributed by atoms with E-state index in [1.165, 1.54) is 24.3 Å². The van der Waals surface area contributed by atoms with E-state index in [0.29, 0.717) is 11.1 Å². The molecule has 0 atom stereocenters. The molecule has 0 aliphatic carbocycles. The quantitative estimate of drug-likeness (QED) is 0.365. The molecule has 3 rings (SSSR count). The lowest BCUT2D eigenvalue weighted by Gasteiger charge is -2.16. The predicted molar refractivity (Wildman–Crippen MR) is 124 cm³/mol. The fourth-order valence-electron chi connectivity index (χ4n) is 2.86. The van der Waals surface area contributed by atoms with Crippen LogP contribution in [0.25, 0.3) is 0 Å². The van der Waals surface area contributed by atoms with Crippen molar-refractivity contribution in [3.05, 3.63) is 81.8 Å². The van der Waals surface area contributed by atoms with Crippen molar-refractivity contribution in [2.45, 2.75) is 18.0 Å². The molecular formula is C22H17Cl2F3N2O4S. The lowest BCUT2D eigenvalue weighted by atomic mass is 10.2. The Balaban J connectivity index is 1.96. The summed E-state index contributed by atoms with van der Waals surface area (Å²) in [6.45, 7) is 1.93. The normalized spacial score (nSPS) is 11.7. The van der Waals surface area contributed by atoms with Crippen LogP contribution in [0.2, 0.25) is 10.0 Å². The summed E-state index contributed by atoms with van der Waals surface area (Å²) in [5, 5.41) is 2.67. The van der Waals surface area contributed by atoms with Crippen molar-refractivity contribution in [3.63, 3.8) is 0 Å². The highest BCUT2D eigenvalue weighted by atomic mass is 35.5. The first-order valence-corrected chi connectivity index (χ1v) is 11.9. The minimum atomic E-state index is -4.69. The van der Waals surface area contributed by atoms with Crippen LogP contribution in [-0.4, -0.2) is 20.9 Å². The van der Waals surface area contributed by atoms with E-state index in [1.807, 2.05) is 0 Å². The van der Waals surface area contributed by atoms with Crippen LogP contribution in [0.5, 0.6) is 5.75 Å². The molecule has 0 saturated carbocycles. The number of carbonyl (C=O) groups excluding carboxylic acids is 1. The van der Waals surface area contributed by atoms with Gasteiger partial charge in [-0.3, -0.25) is 9.52 Å². The van der Waals surface area contributed by atoms with Crippen LogP contribution in [0, 0.1) is 0 Å². The Hall–Kier alpha value is -2.95. The summed E-state index contributed by atoms with van der Waals surface area (Å²) in [5.74, 6) is -0.388. The Morgan fingerprint density at radius 2 is 1.74 bits per heavy atom. The molecule has 0 heterocycles. The number of nitrogens with one attached hydrogen (secondary N) is 2. The van der Waals surface area contributed by atoms with Crippen LogP contribution in [0.1, 0.15) is 22.8 Å². The molecule has 0 aliphatic rings. The van der Waals surface area contributed by atoms with Gasteiger partial charge in [0.05, 0.1) is 33.5 Å². The molecule has 0 bridgehead atoms. The first kappa shape index (κ1) is 25.7. The van der Waals surface area contributed by atoms with Crippen LogP contribution >= 0.6 is 23.2 Å². The molecule has 0 unspecified atom stereocenters. The summed E-state index contributed by atoms with van der Waals surface area (Å²) >= 11 is 11.8. The number of hydrogen-bond acceptors (Lipinski definition) is 4. The molecule has 0 aliphatic heterocycles. The van der Waals surface area contributed by atoms with Gasteiger partial charge in [0.2, 0.25) is 0 Å². The van der Waals surface area contributed by atoms with Crippen molar-refractivity contribution in [1.29, 1.82) is 0 Å². The average molecular weight is 533 g/mol. The van der Waals surface area contributed by atoms with Crippen molar-refractivity contribution >= 4 is 50.5 Å². The first-order chi connectivity index (χ1) is 15.9. The fourth-order valence-corrected chi connectivity index (χ4v) is 4.37. The van der Waals surface area contributed by atoms with Gasteiger partial charge in [0.25, 0.3) is 15.9 Å². The monoisotopic (exact) mass is 532 g/mol. The van der Waals surface area contributed by atoms with Gasteiger partial charge in [-0.1, -0.05) is 29.3 Å². The van der Waals surface area contributed by atoms with Gasteiger partial charge >= 0.3 is 6.18 Å². The van der Waals surface area contributed by atoms with Gasteiger partial charge in [-0.25, -0.2) is 8.42 Å². The summed E-state index contributed by atoms with van der Waals surface area (Å²) in [7, 11) is -4.39. The molecule has 0 spiro atoms. The molecule has 34 heavy (non-hydrogen) atoms. The van der Waals surface area contributed by atoms with Crippen molar-refractivity contribution < 1.29 is 31.1 Å². The van der Waals surface area contributed by atoms with Gasteiger partial charge in [-0.2, -0.15) is 13.2 Å². The highest BCUT2D eigenvalue weighted by Crippen LogP contribution is 2.35. The van der Waals surface area contributed by atoms with E-state index < -0.39 is 33.4 Å². The second kappa shape index (κ2) is 10.1. The molecule has 0 aromatic heterocycles. The zero-order chi connectivity index (χ0) is 25.1. The molecule has 6 nitrogen and oxygen atoms in total. The van der Waals surface area contributed by atoms with Crippen LogP contribution in [0.4, 0.5) is 24.5 Å². The summed E-state index contributed by atoms with van der Waals surface area (Å²) in [6.07, 6.45) is -4.69. The summed E-state index contributed by atoms with van der Waals surface area (Å²) in [5.41, 5.74) is -1.27. The number of alkyl halides is 3. The van der Waals surface area contributed by atoms with Crippen molar-refractivity contribution in [3.8, 4) is 5.75 Å². The predicted octanol–water partition coefficient (Wildman–Crippen LogP) is 6.46. The molecule has 2 N–H and O–H groups in total. The molecule has 0 fully saturated rings. The number of sulfonamides is 1. The van der Waals surface area contributed by atoms with E-state index in [9.17, 15) is 26.4 Å². The molecule has 1 amide bonds. The number of amides is 1. The topological polar surface area (TPSA) is 84.5 Å². The number of carbonyl (C=O) groups is 1. The van der Waals surface area contributed by atoms with Gasteiger partial charge in [0.15, 0.2) is 0 Å². The zero-order valence-electron chi connectivity index (χ0n) is 17.4. The van der Waals surface area contributed by atoms with Crippen molar-refractivity contribution in [2.24, 2.45) is 0 Å². The van der Waals surface area contributed by atoms with E-state index in [-0.39, 0.29) is 33.5 Å². The number of benzene rings is 3. The third-order valence-corrected chi connectivity index (χ3v) is 6.36. The summed E-state index contributed by atoms with van der Waals surface area (Å²) in [6, 6.07) is 12.0. The maximum absolute atomic E-state index is 13.0. The molecular weight excluding hydrogens is 516 g/mol. The highest BCUT2D eigenvalue weighted by molar-refractivity contribution is 7.92. The SMILES string of the molecule is CCOc1ccc(S(=O)(=O)Nc2cc(C(F)(F)F)ccc2Cl)cc1NC(=O)c1cccc(Cl)c1. The van der Waals surface area contributed by atoms with Crippen molar-refractivity contribution in [2.75, 3.05) is 16.6 Å². The Kier molecular flexibility index (Phi) is 7.64. The largest absolute Gasteiger partial charge is 0.492 e. The van der Waals surface area contributed by atoms with E-state index >= 15 is 0 Å². The van der Waals surface area contributed by atoms with Gasteiger partial charge < -0.3 is 10.1 Å². The third kappa shape index (κ3) is 6.13. The lowest BCUT2D eigenvalue weighted by molar-refractivity contribution is -0.137. The molecule has 0 radical (unpaired) electrons. The Bertz CT molecular complexity index is 1330. The summed E-state index contributed by atoms with van der Waals surface area (Å²) in [4.78, 5) is 12.3. The van der Waals surface area contributed by atoms with E-state index in [0.717, 1.165) is 18.2 Å². The van der Waals surface area contributed by atoms with E-state index in [1.54, 1.807) is 19.1 Å². The minimum absolute atomic E-state index is 0.0323. The molecule has 3 aromatic rings. The van der Waals surface area contributed by atoms with Crippen LogP contribution < -0.4 is 14.8 Å². The molecule has 12 heteroatoms. The Morgan fingerprint density at radius 3 is 2.38 bits per heavy atom. The lowest BCUT2D eigenvalue weighted by Crippen LogP contribution is -2.16. The second-order valence-corrected chi connectivity index (χ2v) is 9.38. The standard InChI is InChI=1S/C22H17Cl2F3N2O4S/c1-2-33-20-9-7-16(12-19(20)28-21(30)13-4-3-5-15(23)10-13)34(31,32)29-18-11-14(22(25,26)27)6-8-17(18)24/h3-12,29H,2H2,1H3,(H,28,30). The number of rotatable bonds is 7. The van der Waals surface area contributed by atoms with Gasteiger partial charge in [0, 0.05) is 10.6 Å². The first-order valence-electron chi connectivity index (χ1n) is 9.64. The van der Waals surface area contributed by atoms with Crippen LogP contribution in [-0.2, 0) is 16.2 Å². The Morgan fingerprint density at radius 1 is 1.00 bits per heavy atom. The zero-order valence-corrected chi connectivity index (χ0v) is 19.7. The maximum atomic E-state index is 13.0. The average Bonchev–Trinajstić information content (AvgIpc) is 2.75. The smallest absolute Gasteiger partial charge is 0.416 e. The highest BCUT2D eigenvalue weighted by Gasteiger charge is 2.31. The minimum Gasteiger partial charge on any atom is -0.492 e. The second-order valence-electron chi connectivity index (χ2n) is 6.85. The number of ether oxygens (including phenoxy) is 1. The Labute approximate surface area is 203 Å². The van der Waals surface area contributed by atoms with E-state index in [2.05, 4.69) is 10.0 Å². The van der Waals surface area contributed by atoms with Crippen LogP contribution in [0.3, 0.4) is 0 Å². The maximum Gasteiger partial charge on any atom is 0.416 e. The van der Waals surface area contributed by atoms with E-state index in [4.69, 9.17) is 27.9 Å². The van der Waals surface area contributed by atoms with Crippen molar-refractivity contribution in [1.82, 2.24) is 0 Å². The van der Waals surface area contributed by atoms with Gasteiger partial charge in [0.1, 0.15) is 5.75 Å².